The van der Waals surface area contributed by atoms with Gasteiger partial charge in [0.15, 0.2) is 5.76 Å². The average Bonchev–Trinajstić information content (AvgIpc) is 3.39. The van der Waals surface area contributed by atoms with Crippen LogP contribution in [0.15, 0.2) is 71.6 Å². The molecule has 6 nitrogen and oxygen atoms in total. The number of hydrogen-bond acceptors (Lipinski definition) is 4. The van der Waals surface area contributed by atoms with Crippen LogP contribution in [0.5, 0.6) is 0 Å². The fraction of sp³-hybridized carbons (Fsp3) is 0.320. The number of amides is 2. The highest BCUT2D eigenvalue weighted by Crippen LogP contribution is 2.31. The Bertz CT molecular complexity index is 1020. The van der Waals surface area contributed by atoms with Crippen LogP contribution in [0.2, 0.25) is 0 Å². The molecule has 1 N–H and O–H groups in total. The van der Waals surface area contributed by atoms with Crippen molar-refractivity contribution < 1.29 is 18.4 Å². The van der Waals surface area contributed by atoms with Crippen LogP contribution in [-0.4, -0.2) is 34.3 Å². The van der Waals surface area contributed by atoms with Gasteiger partial charge in [0.05, 0.1) is 12.3 Å². The van der Waals surface area contributed by atoms with Gasteiger partial charge >= 0.3 is 0 Å². The van der Waals surface area contributed by atoms with E-state index in [1.807, 2.05) is 17.0 Å². The number of furan rings is 1. The summed E-state index contributed by atoms with van der Waals surface area (Å²) in [6.45, 7) is 0.0742. The number of halogens is 1. The van der Waals surface area contributed by atoms with Crippen LogP contribution in [0, 0.1) is 0 Å². The van der Waals surface area contributed by atoms with E-state index in [0.29, 0.717) is 18.5 Å². The molecule has 32 heavy (non-hydrogen) atoms. The van der Waals surface area contributed by atoms with E-state index >= 15 is 0 Å². The second-order valence-electron chi connectivity index (χ2n) is 7.99. The van der Waals surface area contributed by atoms with Crippen molar-refractivity contribution >= 4 is 11.8 Å². The van der Waals surface area contributed by atoms with E-state index < -0.39 is 18.6 Å². The molecule has 4 rings (SSSR count). The van der Waals surface area contributed by atoms with Crippen LogP contribution in [0.1, 0.15) is 52.5 Å². The summed E-state index contributed by atoms with van der Waals surface area (Å²) in [5, 5.41) is 2.85. The van der Waals surface area contributed by atoms with Crippen molar-refractivity contribution in [2.75, 3.05) is 6.54 Å². The first-order chi connectivity index (χ1) is 15.7. The van der Waals surface area contributed by atoms with Crippen molar-refractivity contribution in [2.45, 2.75) is 44.4 Å². The van der Waals surface area contributed by atoms with Gasteiger partial charge in [0.1, 0.15) is 12.7 Å². The number of carbonyl (C=O) groups is 2. The van der Waals surface area contributed by atoms with Crippen molar-refractivity contribution in [1.82, 2.24) is 15.2 Å². The third kappa shape index (κ3) is 5.04. The highest BCUT2D eigenvalue weighted by molar-refractivity contribution is 5.95. The molecule has 0 bridgehead atoms. The monoisotopic (exact) mass is 435 g/mol. The van der Waals surface area contributed by atoms with Crippen molar-refractivity contribution in [3.63, 3.8) is 0 Å². The number of pyridine rings is 1. The van der Waals surface area contributed by atoms with Gasteiger partial charge in [0.2, 0.25) is 5.91 Å². The molecule has 0 saturated carbocycles. The van der Waals surface area contributed by atoms with Gasteiger partial charge in [-0.1, -0.05) is 30.3 Å². The lowest BCUT2D eigenvalue weighted by Crippen LogP contribution is -2.51. The van der Waals surface area contributed by atoms with E-state index in [1.54, 1.807) is 48.8 Å². The smallest absolute Gasteiger partial charge is 0.287 e. The summed E-state index contributed by atoms with van der Waals surface area (Å²) < 4.78 is 18.1. The normalized spacial score (nSPS) is 17.0. The predicted octanol–water partition coefficient (Wildman–Crippen LogP) is 4.24. The van der Waals surface area contributed by atoms with Crippen molar-refractivity contribution in [3.8, 4) is 0 Å². The summed E-state index contributed by atoms with van der Waals surface area (Å²) in [4.78, 5) is 32.5. The lowest BCUT2D eigenvalue weighted by molar-refractivity contribution is -0.137. The molecule has 1 fully saturated rings. The van der Waals surface area contributed by atoms with Gasteiger partial charge in [-0.15, -0.1) is 0 Å². The van der Waals surface area contributed by atoms with E-state index in [9.17, 15) is 14.0 Å². The lowest BCUT2D eigenvalue weighted by Gasteiger charge is -2.38. The number of alkyl halides is 1. The van der Waals surface area contributed by atoms with Crippen molar-refractivity contribution in [3.05, 3.63) is 89.6 Å². The number of nitrogens with zero attached hydrogens (tertiary/aromatic N) is 2. The Morgan fingerprint density at radius 2 is 1.94 bits per heavy atom. The molecular weight excluding hydrogens is 409 g/mol. The van der Waals surface area contributed by atoms with Crippen molar-refractivity contribution in [1.29, 1.82) is 0 Å². The molecule has 3 heterocycles. The summed E-state index contributed by atoms with van der Waals surface area (Å²) in [5.74, 6) is -0.435. The number of hydrogen-bond donors (Lipinski definition) is 1. The third-order valence-corrected chi connectivity index (χ3v) is 5.82. The minimum Gasteiger partial charge on any atom is -0.459 e. The first kappa shape index (κ1) is 21.7. The Kier molecular flexibility index (Phi) is 6.94. The minimum atomic E-state index is -0.777. The molecule has 1 aliphatic rings. The molecular formula is C25H26FN3O3. The van der Waals surface area contributed by atoms with E-state index in [2.05, 4.69) is 10.3 Å². The summed E-state index contributed by atoms with van der Waals surface area (Å²) in [6.07, 6.45) is 8.01. The van der Waals surface area contributed by atoms with Gasteiger partial charge in [-0.25, -0.2) is 4.39 Å². The molecule has 0 spiro atoms. The summed E-state index contributed by atoms with van der Waals surface area (Å²) in [7, 11) is 0. The first-order valence-electron chi connectivity index (χ1n) is 10.8. The fourth-order valence-corrected chi connectivity index (χ4v) is 4.15. The number of aromatic nitrogens is 1. The number of rotatable bonds is 7. The topological polar surface area (TPSA) is 75.4 Å². The molecule has 0 unspecified atom stereocenters. The van der Waals surface area contributed by atoms with Crippen LogP contribution in [0.4, 0.5) is 4.39 Å². The SMILES string of the molecule is O=C(N[C@@H](Cc1ccc(CF)cc1)C(=O)N1CCCC[C@@H]1c1cccnc1)c1ccco1. The van der Waals surface area contributed by atoms with Crippen LogP contribution in [-0.2, 0) is 17.9 Å². The number of likely N-dealkylation sites (tertiary alicyclic amines) is 1. The molecule has 0 radical (unpaired) electrons. The summed E-state index contributed by atoms with van der Waals surface area (Å²) >= 11 is 0. The standard InChI is InChI=1S/C25H26FN3O3/c26-16-19-10-8-18(9-11-19)15-21(28-24(30)23-7-4-14-32-23)25(31)29-13-2-1-6-22(29)20-5-3-12-27-17-20/h3-5,7-12,14,17,21-22H,1-2,6,13,15-16H2,(H,28,30)/t21-,22+/m0/s1. The molecule has 166 valence electrons. The van der Waals surface area contributed by atoms with Crippen LogP contribution < -0.4 is 5.32 Å². The Hall–Kier alpha value is -3.48. The predicted molar refractivity (Wildman–Crippen MR) is 117 cm³/mol. The maximum atomic E-state index is 13.7. The second kappa shape index (κ2) is 10.2. The average molecular weight is 435 g/mol. The summed E-state index contributed by atoms with van der Waals surface area (Å²) in [5.41, 5.74) is 2.41. The Labute approximate surface area is 186 Å². The number of nitrogens with one attached hydrogen (secondary N) is 1. The van der Waals surface area contributed by atoms with Gasteiger partial charge in [-0.05, 0) is 54.2 Å². The highest BCUT2D eigenvalue weighted by Gasteiger charge is 2.34. The Morgan fingerprint density at radius 1 is 1.12 bits per heavy atom. The zero-order valence-electron chi connectivity index (χ0n) is 17.7. The number of carbonyl (C=O) groups excluding carboxylic acids is 2. The zero-order valence-corrected chi connectivity index (χ0v) is 17.7. The molecule has 3 aromatic rings. The molecule has 7 heteroatoms. The molecule has 2 amide bonds. The maximum absolute atomic E-state index is 13.7. The Balaban J connectivity index is 1.59. The maximum Gasteiger partial charge on any atom is 0.287 e. The quantitative estimate of drug-likeness (QED) is 0.602. The molecule has 2 aromatic heterocycles. The van der Waals surface area contributed by atoms with Gasteiger partial charge in [0, 0.05) is 25.4 Å². The van der Waals surface area contributed by atoms with Gasteiger partial charge in [-0.3, -0.25) is 14.6 Å². The lowest BCUT2D eigenvalue weighted by atomic mass is 9.94. The van der Waals surface area contributed by atoms with E-state index in [1.165, 1.54) is 6.26 Å². The van der Waals surface area contributed by atoms with Crippen LogP contribution in [0.25, 0.3) is 0 Å². The van der Waals surface area contributed by atoms with Gasteiger partial charge in [0.25, 0.3) is 5.91 Å². The Morgan fingerprint density at radius 3 is 2.62 bits per heavy atom. The van der Waals surface area contributed by atoms with Crippen LogP contribution in [0.3, 0.4) is 0 Å². The minimum absolute atomic E-state index is 0.0816. The largest absolute Gasteiger partial charge is 0.459 e. The van der Waals surface area contributed by atoms with Gasteiger partial charge < -0.3 is 14.6 Å². The van der Waals surface area contributed by atoms with Crippen LogP contribution >= 0.6 is 0 Å². The molecule has 1 aliphatic heterocycles. The molecule has 0 aliphatic carbocycles. The zero-order chi connectivity index (χ0) is 22.3. The molecule has 2 atom stereocenters. The fourth-order valence-electron chi connectivity index (χ4n) is 4.15. The second-order valence-corrected chi connectivity index (χ2v) is 7.99. The van der Waals surface area contributed by atoms with Gasteiger partial charge in [-0.2, -0.15) is 0 Å². The van der Waals surface area contributed by atoms with E-state index in [-0.39, 0.29) is 17.7 Å². The first-order valence-corrected chi connectivity index (χ1v) is 10.8. The van der Waals surface area contributed by atoms with E-state index in [4.69, 9.17) is 4.42 Å². The summed E-state index contributed by atoms with van der Waals surface area (Å²) in [6, 6.07) is 13.2. The number of benzene rings is 1. The third-order valence-electron chi connectivity index (χ3n) is 5.82. The molecule has 1 aromatic carbocycles. The van der Waals surface area contributed by atoms with E-state index in [0.717, 1.165) is 30.4 Å². The highest BCUT2D eigenvalue weighted by atomic mass is 19.1. The number of piperidine rings is 1. The van der Waals surface area contributed by atoms with Crippen molar-refractivity contribution in [2.24, 2.45) is 0 Å². The molecule has 1 saturated heterocycles.